The number of carbonyl (C=O) groups excluding carboxylic acids is 3. The molecule has 0 aliphatic carbocycles. The lowest BCUT2D eigenvalue weighted by molar-refractivity contribution is -0.167. The highest BCUT2D eigenvalue weighted by molar-refractivity contribution is 5.71. The second-order valence-electron chi connectivity index (χ2n) is 22.0. The molecule has 1 unspecified atom stereocenters. The monoisotopic (exact) mass is 1050 g/mol. The summed E-state index contributed by atoms with van der Waals surface area (Å²) in [5, 5.41) is 0. The zero-order valence-electron chi connectivity index (χ0n) is 50.1. The molecule has 6 nitrogen and oxygen atoms in total. The first-order valence-electron chi connectivity index (χ1n) is 32.8. The summed E-state index contributed by atoms with van der Waals surface area (Å²) in [6, 6.07) is 0. The van der Waals surface area contributed by atoms with Gasteiger partial charge in [0.15, 0.2) is 6.10 Å². The molecule has 0 saturated carbocycles. The van der Waals surface area contributed by atoms with Gasteiger partial charge in [0.2, 0.25) is 0 Å². The molecule has 0 fully saturated rings. The average molecular weight is 1050 g/mol. The number of hydrogen-bond acceptors (Lipinski definition) is 6. The van der Waals surface area contributed by atoms with E-state index in [1.807, 2.05) is 0 Å². The summed E-state index contributed by atoms with van der Waals surface area (Å²) in [7, 11) is 0. The minimum atomic E-state index is -0.773. The second-order valence-corrected chi connectivity index (χ2v) is 22.0. The lowest BCUT2D eigenvalue weighted by Crippen LogP contribution is -2.30. The van der Waals surface area contributed by atoms with Gasteiger partial charge < -0.3 is 14.2 Å². The van der Waals surface area contributed by atoms with Gasteiger partial charge in [0.05, 0.1) is 0 Å². The number of rotatable bonds is 60. The summed E-state index contributed by atoms with van der Waals surface area (Å²) in [6.07, 6.45) is 80.9. The smallest absolute Gasteiger partial charge is 0.306 e. The van der Waals surface area contributed by atoms with Crippen LogP contribution in [-0.4, -0.2) is 37.2 Å². The van der Waals surface area contributed by atoms with E-state index in [0.717, 1.165) is 96.3 Å². The third-order valence-electron chi connectivity index (χ3n) is 14.5. The van der Waals surface area contributed by atoms with Crippen molar-refractivity contribution in [3.63, 3.8) is 0 Å². The van der Waals surface area contributed by atoms with E-state index in [1.54, 1.807) is 0 Å². The van der Waals surface area contributed by atoms with E-state index in [-0.39, 0.29) is 31.1 Å². The van der Waals surface area contributed by atoms with Gasteiger partial charge in [0, 0.05) is 19.3 Å². The van der Waals surface area contributed by atoms with Crippen LogP contribution in [0.25, 0.3) is 0 Å². The molecule has 0 saturated heterocycles. The van der Waals surface area contributed by atoms with E-state index in [9.17, 15) is 14.4 Å². The quantitative estimate of drug-likeness (QED) is 0.0261. The molecular formula is C69H124O6. The summed E-state index contributed by atoms with van der Waals surface area (Å²) in [5.41, 5.74) is 0. The van der Waals surface area contributed by atoms with Crippen molar-refractivity contribution < 1.29 is 28.6 Å². The fourth-order valence-corrected chi connectivity index (χ4v) is 9.65. The topological polar surface area (TPSA) is 78.9 Å². The van der Waals surface area contributed by atoms with Gasteiger partial charge in [0.1, 0.15) is 13.2 Å². The van der Waals surface area contributed by atoms with Gasteiger partial charge >= 0.3 is 17.9 Å². The molecule has 1 atom stereocenters. The lowest BCUT2D eigenvalue weighted by Gasteiger charge is -2.18. The Balaban J connectivity index is 4.25. The third kappa shape index (κ3) is 61.8. The van der Waals surface area contributed by atoms with Crippen LogP contribution in [0.2, 0.25) is 0 Å². The lowest BCUT2D eigenvalue weighted by atomic mass is 10.0. The van der Waals surface area contributed by atoms with Gasteiger partial charge in [-0.25, -0.2) is 0 Å². The standard InChI is InChI=1S/C69H124O6/c1-4-7-10-13-16-19-22-24-26-28-30-32-33-34-35-37-38-40-42-44-47-50-53-56-59-62-68(71)74-65-66(64-73-67(70)61-58-55-52-49-46-21-18-15-12-9-6-3)75-69(72)63-60-57-54-51-48-45-43-41-39-36-31-29-27-25-23-20-17-14-11-8-5-2/h7,10,16,19,24,26,30,32,34-35,66H,4-6,8-9,11-15,17-18,20-23,25,27-29,31,33,36-65H2,1-3H3/b10-7-,19-16-,26-24-,32-30-,35-34-. The highest BCUT2D eigenvalue weighted by Gasteiger charge is 2.19. The summed E-state index contributed by atoms with van der Waals surface area (Å²) in [5.74, 6) is -0.857. The van der Waals surface area contributed by atoms with Crippen molar-refractivity contribution >= 4 is 17.9 Å². The fourth-order valence-electron chi connectivity index (χ4n) is 9.65. The summed E-state index contributed by atoms with van der Waals surface area (Å²) >= 11 is 0. The highest BCUT2D eigenvalue weighted by atomic mass is 16.6. The van der Waals surface area contributed by atoms with Crippen molar-refractivity contribution in [2.75, 3.05) is 13.2 Å². The van der Waals surface area contributed by atoms with Crippen LogP contribution in [0.4, 0.5) is 0 Å². The molecule has 436 valence electrons. The Hall–Kier alpha value is -2.89. The zero-order chi connectivity index (χ0) is 54.3. The Kier molecular flexibility index (Phi) is 61.2. The van der Waals surface area contributed by atoms with Gasteiger partial charge in [-0.1, -0.05) is 319 Å². The second kappa shape index (κ2) is 63.6. The Bertz CT molecular complexity index is 1340. The van der Waals surface area contributed by atoms with Crippen molar-refractivity contribution in [1.82, 2.24) is 0 Å². The fraction of sp³-hybridized carbons (Fsp3) is 0.812. The molecule has 0 radical (unpaired) electrons. The maximum Gasteiger partial charge on any atom is 0.306 e. The van der Waals surface area contributed by atoms with Crippen LogP contribution in [0, 0.1) is 0 Å². The minimum absolute atomic E-state index is 0.0709. The van der Waals surface area contributed by atoms with Crippen LogP contribution in [0.3, 0.4) is 0 Å². The molecule has 0 aromatic carbocycles. The van der Waals surface area contributed by atoms with Crippen molar-refractivity contribution in [2.45, 2.75) is 348 Å². The van der Waals surface area contributed by atoms with Crippen LogP contribution in [0.1, 0.15) is 342 Å². The van der Waals surface area contributed by atoms with Gasteiger partial charge in [-0.05, 0) is 64.2 Å². The van der Waals surface area contributed by atoms with E-state index in [4.69, 9.17) is 14.2 Å². The molecule has 0 aromatic rings. The maximum atomic E-state index is 12.9. The third-order valence-corrected chi connectivity index (χ3v) is 14.5. The van der Waals surface area contributed by atoms with E-state index in [1.165, 1.54) is 205 Å². The van der Waals surface area contributed by atoms with Crippen molar-refractivity contribution in [2.24, 2.45) is 0 Å². The molecule has 75 heavy (non-hydrogen) atoms. The molecule has 0 aliphatic rings. The van der Waals surface area contributed by atoms with E-state index in [2.05, 4.69) is 81.5 Å². The zero-order valence-corrected chi connectivity index (χ0v) is 50.1. The first kappa shape index (κ1) is 72.1. The van der Waals surface area contributed by atoms with E-state index in [0.29, 0.717) is 19.3 Å². The molecule has 6 heteroatoms. The van der Waals surface area contributed by atoms with Crippen molar-refractivity contribution in [3.8, 4) is 0 Å². The molecule has 0 aliphatic heterocycles. The van der Waals surface area contributed by atoms with E-state index >= 15 is 0 Å². The largest absolute Gasteiger partial charge is 0.462 e. The number of ether oxygens (including phenoxy) is 3. The van der Waals surface area contributed by atoms with Gasteiger partial charge in [0.25, 0.3) is 0 Å². The normalized spacial score (nSPS) is 12.4. The van der Waals surface area contributed by atoms with Gasteiger partial charge in [-0.2, -0.15) is 0 Å². The number of carbonyl (C=O) groups is 3. The number of unbranched alkanes of at least 4 members (excludes halogenated alkanes) is 39. The SMILES string of the molecule is CC/C=C\C/C=C\C/C=C\C/C=C\C/C=C\CCCCCCCCCCCC(=O)OCC(COC(=O)CCCCCCCCCCCCC)OC(=O)CCCCCCCCCCCCCCCCCCCCCCC. The molecule has 0 N–H and O–H groups in total. The Morgan fingerprint density at radius 2 is 0.520 bits per heavy atom. The average Bonchev–Trinajstić information content (AvgIpc) is 3.41. The molecular weight excluding hydrogens is 925 g/mol. The van der Waals surface area contributed by atoms with Crippen LogP contribution >= 0.6 is 0 Å². The predicted molar refractivity (Wildman–Crippen MR) is 325 cm³/mol. The van der Waals surface area contributed by atoms with Crippen LogP contribution < -0.4 is 0 Å². The molecule has 0 heterocycles. The highest BCUT2D eigenvalue weighted by Crippen LogP contribution is 2.18. The van der Waals surface area contributed by atoms with Crippen molar-refractivity contribution in [1.29, 1.82) is 0 Å². The van der Waals surface area contributed by atoms with Gasteiger partial charge in [-0.15, -0.1) is 0 Å². The first-order valence-corrected chi connectivity index (χ1v) is 32.8. The predicted octanol–water partition coefficient (Wildman–Crippen LogP) is 22.3. The Morgan fingerprint density at radius 1 is 0.280 bits per heavy atom. The van der Waals surface area contributed by atoms with E-state index < -0.39 is 6.10 Å². The van der Waals surface area contributed by atoms with Gasteiger partial charge in [-0.3, -0.25) is 14.4 Å². The van der Waals surface area contributed by atoms with Crippen LogP contribution in [-0.2, 0) is 28.6 Å². The van der Waals surface area contributed by atoms with Crippen LogP contribution in [0.5, 0.6) is 0 Å². The minimum Gasteiger partial charge on any atom is -0.462 e. The summed E-state index contributed by atoms with van der Waals surface area (Å²) in [4.78, 5) is 38.3. The van der Waals surface area contributed by atoms with Crippen LogP contribution in [0.15, 0.2) is 60.8 Å². The number of hydrogen-bond donors (Lipinski definition) is 0. The molecule has 0 aromatic heterocycles. The molecule has 0 rings (SSSR count). The van der Waals surface area contributed by atoms with Crippen molar-refractivity contribution in [3.05, 3.63) is 60.8 Å². The molecule has 0 bridgehead atoms. The number of allylic oxidation sites excluding steroid dienone is 10. The maximum absolute atomic E-state index is 12.9. The first-order chi connectivity index (χ1) is 37.0. The molecule has 0 spiro atoms. The number of esters is 3. The molecule has 0 amide bonds. The summed E-state index contributed by atoms with van der Waals surface area (Å²) < 4.78 is 16.9. The summed E-state index contributed by atoms with van der Waals surface area (Å²) in [6.45, 7) is 6.57. The Morgan fingerprint density at radius 3 is 0.813 bits per heavy atom. The Labute approximate surface area is 466 Å².